The molecule has 0 aromatic heterocycles. The van der Waals surface area contributed by atoms with E-state index in [4.69, 9.17) is 0 Å². The summed E-state index contributed by atoms with van der Waals surface area (Å²) < 4.78 is 13.0. The van der Waals surface area contributed by atoms with Crippen LogP contribution in [0.1, 0.15) is 19.8 Å². The minimum Gasteiger partial charge on any atom is -0.368 e. The Kier molecular flexibility index (Phi) is 4.50. The predicted octanol–water partition coefficient (Wildman–Crippen LogP) is 2.80. The van der Waals surface area contributed by atoms with E-state index in [-0.39, 0.29) is 11.8 Å². The molecule has 2 aliphatic rings. The second-order valence-electron chi connectivity index (χ2n) is 6.40. The monoisotopic (exact) mass is 305 g/mol. The second kappa shape index (κ2) is 6.55. The molecule has 120 valence electrons. The third-order valence-corrected chi connectivity index (χ3v) is 4.80. The average molecular weight is 305 g/mol. The Labute approximate surface area is 131 Å². The lowest BCUT2D eigenvalue weighted by molar-refractivity contribution is 0.132. The first-order chi connectivity index (χ1) is 10.6. The highest BCUT2D eigenvalue weighted by Crippen LogP contribution is 2.20. The van der Waals surface area contributed by atoms with Crippen molar-refractivity contribution in [3.8, 4) is 0 Å². The molecule has 0 unspecified atom stereocenters. The first-order valence-corrected chi connectivity index (χ1v) is 8.18. The number of piperidine rings is 1. The molecule has 1 aromatic rings. The van der Waals surface area contributed by atoms with Gasteiger partial charge in [0.2, 0.25) is 0 Å². The average Bonchev–Trinajstić information content (AvgIpc) is 2.56. The van der Waals surface area contributed by atoms with Crippen molar-refractivity contribution in [1.82, 2.24) is 9.80 Å². The fourth-order valence-electron chi connectivity index (χ4n) is 3.21. The first-order valence-electron chi connectivity index (χ1n) is 8.18. The number of halogens is 1. The molecule has 2 saturated heterocycles. The number of carbonyl (C=O) groups excluding carboxylic acids is 1. The number of hydrogen-bond acceptors (Lipinski definition) is 2. The predicted molar refractivity (Wildman–Crippen MR) is 85.6 cm³/mol. The molecule has 0 spiro atoms. The van der Waals surface area contributed by atoms with Gasteiger partial charge in [0, 0.05) is 45.0 Å². The number of amides is 2. The van der Waals surface area contributed by atoms with Crippen LogP contribution in [0.25, 0.3) is 0 Å². The number of nitrogens with zero attached hydrogens (tertiary/aromatic N) is 3. The molecule has 1 aromatic carbocycles. The first kappa shape index (κ1) is 15.1. The van der Waals surface area contributed by atoms with E-state index in [0.717, 1.165) is 63.7 Å². The van der Waals surface area contributed by atoms with Gasteiger partial charge in [-0.15, -0.1) is 0 Å². The summed E-state index contributed by atoms with van der Waals surface area (Å²) in [5.41, 5.74) is 1.03. The maximum Gasteiger partial charge on any atom is 0.320 e. The Balaban J connectivity index is 1.53. The number of hydrogen-bond donors (Lipinski definition) is 0. The van der Waals surface area contributed by atoms with Gasteiger partial charge in [0.25, 0.3) is 0 Å². The fourth-order valence-corrected chi connectivity index (χ4v) is 3.21. The number of rotatable bonds is 1. The highest BCUT2D eigenvalue weighted by Gasteiger charge is 2.27. The summed E-state index contributed by atoms with van der Waals surface area (Å²) in [5, 5.41) is 0. The van der Waals surface area contributed by atoms with Gasteiger partial charge >= 0.3 is 6.03 Å². The summed E-state index contributed by atoms with van der Waals surface area (Å²) >= 11 is 0. The van der Waals surface area contributed by atoms with E-state index in [0.29, 0.717) is 0 Å². The van der Waals surface area contributed by atoms with Gasteiger partial charge < -0.3 is 14.7 Å². The molecule has 0 N–H and O–H groups in total. The van der Waals surface area contributed by atoms with Gasteiger partial charge in [0.05, 0.1) is 0 Å². The third-order valence-electron chi connectivity index (χ3n) is 4.80. The normalized spacial score (nSPS) is 20.4. The van der Waals surface area contributed by atoms with Gasteiger partial charge in [0.1, 0.15) is 5.82 Å². The standard InChI is InChI=1S/C17H24FN3O/c1-14-6-8-20(9-7-14)17(22)21-12-10-19(11-13-21)16-4-2-15(18)3-5-16/h2-5,14H,6-13H2,1H3. The van der Waals surface area contributed by atoms with Crippen LogP contribution in [0, 0.1) is 11.7 Å². The maximum absolute atomic E-state index is 13.0. The molecule has 0 bridgehead atoms. The van der Waals surface area contributed by atoms with Gasteiger partial charge in [-0.3, -0.25) is 0 Å². The van der Waals surface area contributed by atoms with Gasteiger partial charge in [0.15, 0.2) is 0 Å². The van der Waals surface area contributed by atoms with Gasteiger partial charge in [-0.2, -0.15) is 0 Å². The van der Waals surface area contributed by atoms with E-state index in [2.05, 4.69) is 11.8 Å². The molecule has 0 atom stereocenters. The minimum absolute atomic E-state index is 0.186. The van der Waals surface area contributed by atoms with Crippen molar-refractivity contribution in [1.29, 1.82) is 0 Å². The molecule has 4 nitrogen and oxygen atoms in total. The van der Waals surface area contributed by atoms with Crippen LogP contribution in [-0.2, 0) is 0 Å². The Bertz CT molecular complexity index is 503. The highest BCUT2D eigenvalue weighted by molar-refractivity contribution is 5.75. The molecule has 2 fully saturated rings. The van der Waals surface area contributed by atoms with Crippen molar-refractivity contribution >= 4 is 11.7 Å². The Hall–Kier alpha value is -1.78. The summed E-state index contributed by atoms with van der Waals surface area (Å²) in [5.74, 6) is 0.524. The lowest BCUT2D eigenvalue weighted by atomic mass is 9.99. The van der Waals surface area contributed by atoms with Crippen molar-refractivity contribution in [2.24, 2.45) is 5.92 Å². The molecule has 5 heteroatoms. The highest BCUT2D eigenvalue weighted by atomic mass is 19.1. The fraction of sp³-hybridized carbons (Fsp3) is 0.588. The maximum atomic E-state index is 13.0. The number of benzene rings is 1. The lowest BCUT2D eigenvalue weighted by Gasteiger charge is -2.40. The summed E-state index contributed by atoms with van der Waals surface area (Å²) in [6.45, 7) is 7.12. The molecular weight excluding hydrogens is 281 g/mol. The SMILES string of the molecule is CC1CCN(C(=O)N2CCN(c3ccc(F)cc3)CC2)CC1. The van der Waals surface area contributed by atoms with Gasteiger partial charge in [-0.05, 0) is 43.0 Å². The van der Waals surface area contributed by atoms with E-state index < -0.39 is 0 Å². The molecule has 0 aliphatic carbocycles. The number of piperazine rings is 1. The van der Waals surface area contributed by atoms with E-state index in [1.165, 1.54) is 12.1 Å². The van der Waals surface area contributed by atoms with Crippen LogP contribution < -0.4 is 4.90 Å². The smallest absolute Gasteiger partial charge is 0.320 e. The molecule has 3 rings (SSSR count). The minimum atomic E-state index is -0.211. The second-order valence-corrected chi connectivity index (χ2v) is 6.40. The molecule has 2 heterocycles. The zero-order valence-corrected chi connectivity index (χ0v) is 13.2. The van der Waals surface area contributed by atoms with Crippen molar-refractivity contribution in [3.63, 3.8) is 0 Å². The summed E-state index contributed by atoms with van der Waals surface area (Å²) in [4.78, 5) is 18.7. The Morgan fingerprint density at radius 2 is 1.50 bits per heavy atom. The molecule has 2 amide bonds. The number of anilines is 1. The lowest BCUT2D eigenvalue weighted by Crippen LogP contribution is -2.54. The summed E-state index contributed by atoms with van der Waals surface area (Å²) in [7, 11) is 0. The largest absolute Gasteiger partial charge is 0.368 e. The topological polar surface area (TPSA) is 26.8 Å². The molecule has 0 radical (unpaired) electrons. The molecule has 2 aliphatic heterocycles. The van der Waals surface area contributed by atoms with Crippen LogP contribution >= 0.6 is 0 Å². The van der Waals surface area contributed by atoms with E-state index in [1.54, 1.807) is 12.1 Å². The van der Waals surface area contributed by atoms with Crippen molar-refractivity contribution in [2.75, 3.05) is 44.2 Å². The molecular formula is C17H24FN3O. The van der Waals surface area contributed by atoms with Crippen molar-refractivity contribution in [3.05, 3.63) is 30.1 Å². The van der Waals surface area contributed by atoms with E-state index >= 15 is 0 Å². The Morgan fingerprint density at radius 1 is 0.955 bits per heavy atom. The zero-order valence-electron chi connectivity index (χ0n) is 13.2. The van der Waals surface area contributed by atoms with Gasteiger partial charge in [-0.25, -0.2) is 9.18 Å². The third kappa shape index (κ3) is 3.34. The van der Waals surface area contributed by atoms with Crippen LogP contribution in [-0.4, -0.2) is 55.1 Å². The van der Waals surface area contributed by atoms with Crippen molar-refractivity contribution in [2.45, 2.75) is 19.8 Å². The Morgan fingerprint density at radius 3 is 2.09 bits per heavy atom. The number of likely N-dealkylation sites (tertiary alicyclic amines) is 1. The van der Waals surface area contributed by atoms with Crippen LogP contribution in [0.15, 0.2) is 24.3 Å². The number of carbonyl (C=O) groups is 1. The summed E-state index contributed by atoms with van der Waals surface area (Å²) in [6.07, 6.45) is 2.22. The zero-order chi connectivity index (χ0) is 15.5. The van der Waals surface area contributed by atoms with Crippen LogP contribution in [0.5, 0.6) is 0 Å². The van der Waals surface area contributed by atoms with Crippen LogP contribution in [0.4, 0.5) is 14.9 Å². The van der Waals surface area contributed by atoms with E-state index in [9.17, 15) is 9.18 Å². The van der Waals surface area contributed by atoms with Gasteiger partial charge in [-0.1, -0.05) is 6.92 Å². The quantitative estimate of drug-likeness (QED) is 0.797. The van der Waals surface area contributed by atoms with Crippen LogP contribution in [0.3, 0.4) is 0 Å². The molecule has 0 saturated carbocycles. The number of urea groups is 1. The molecule has 22 heavy (non-hydrogen) atoms. The van der Waals surface area contributed by atoms with Crippen molar-refractivity contribution < 1.29 is 9.18 Å². The van der Waals surface area contributed by atoms with Crippen LogP contribution in [0.2, 0.25) is 0 Å². The summed E-state index contributed by atoms with van der Waals surface area (Å²) in [6, 6.07) is 6.77. The van der Waals surface area contributed by atoms with E-state index in [1.807, 2.05) is 9.80 Å².